The minimum atomic E-state index is -4.40. The highest BCUT2D eigenvalue weighted by Gasteiger charge is 2.26. The molecule has 0 fully saturated rings. The van der Waals surface area contributed by atoms with Gasteiger partial charge in [0.15, 0.2) is 5.82 Å². The summed E-state index contributed by atoms with van der Waals surface area (Å²) in [5.41, 5.74) is -1.24. The summed E-state index contributed by atoms with van der Waals surface area (Å²) in [5, 5.41) is 4.64. The number of nitrogens with zero attached hydrogens (tertiary/aromatic N) is 1. The van der Waals surface area contributed by atoms with E-state index in [4.69, 9.17) is 0 Å². The van der Waals surface area contributed by atoms with Gasteiger partial charge in [0.2, 0.25) is 10.0 Å². The van der Waals surface area contributed by atoms with Gasteiger partial charge in [-0.3, -0.25) is 0 Å². The Hall–Kier alpha value is -0.420. The highest BCUT2D eigenvalue weighted by atomic mass is 127. The van der Waals surface area contributed by atoms with E-state index in [1.54, 1.807) is 0 Å². The first kappa shape index (κ1) is 12.6. The van der Waals surface area contributed by atoms with E-state index >= 15 is 0 Å². The molecule has 4 nitrogen and oxygen atoms in total. The molecule has 0 saturated carbocycles. The average Bonchev–Trinajstić information content (AvgIpc) is 2.06. The van der Waals surface area contributed by atoms with Crippen molar-refractivity contribution in [3.05, 3.63) is 21.3 Å². The van der Waals surface area contributed by atoms with Crippen LogP contribution in [0.4, 0.5) is 13.2 Å². The molecular weight excluding hydrogens is 348 g/mol. The largest absolute Gasteiger partial charge is 0.268 e. The number of primary sulfonamides is 1. The summed E-state index contributed by atoms with van der Waals surface area (Å²) in [6.45, 7) is 0. The normalized spacial score (nSPS) is 12.1. The van der Waals surface area contributed by atoms with Crippen molar-refractivity contribution in [2.75, 3.05) is 0 Å². The van der Waals surface area contributed by atoms with Gasteiger partial charge in [-0.2, -0.15) is 0 Å². The van der Waals surface area contributed by atoms with Gasteiger partial charge in [-0.05, 0) is 22.6 Å². The van der Waals surface area contributed by atoms with Crippen LogP contribution in [0.1, 0.15) is 12.0 Å². The topological polar surface area (TPSA) is 73.1 Å². The molecule has 0 radical (unpaired) electrons. The lowest BCUT2D eigenvalue weighted by Gasteiger charge is -2.08. The second-order valence-electron chi connectivity index (χ2n) is 2.49. The van der Waals surface area contributed by atoms with Crippen molar-refractivity contribution in [1.82, 2.24) is 4.98 Å². The Bertz CT molecular complexity index is 491. The predicted octanol–water partition coefficient (Wildman–Crippen LogP) is 1.41. The van der Waals surface area contributed by atoms with Crippen molar-refractivity contribution in [2.45, 2.75) is 11.3 Å². The molecule has 0 aliphatic rings. The number of sulfonamides is 1. The van der Waals surface area contributed by atoms with Gasteiger partial charge in [0, 0.05) is 6.20 Å². The first-order valence-electron chi connectivity index (χ1n) is 3.40. The number of pyridine rings is 1. The molecule has 0 aliphatic carbocycles. The number of halogens is 4. The molecule has 15 heavy (non-hydrogen) atoms. The summed E-state index contributed by atoms with van der Waals surface area (Å²) < 4.78 is 59.4. The Balaban J connectivity index is 3.62. The Morgan fingerprint density at radius 3 is 2.40 bits per heavy atom. The minimum absolute atomic E-state index is 0.338. The van der Waals surface area contributed by atoms with Gasteiger partial charge in [-0.25, -0.2) is 31.7 Å². The lowest BCUT2D eigenvalue weighted by atomic mass is 10.3. The average molecular weight is 352 g/mol. The zero-order chi connectivity index (χ0) is 11.8. The second-order valence-corrected chi connectivity index (χ2v) is 5.04. The lowest BCUT2D eigenvalue weighted by Crippen LogP contribution is -2.17. The first-order chi connectivity index (χ1) is 6.75. The molecule has 1 heterocycles. The molecule has 0 spiro atoms. The maximum atomic E-state index is 13.2. The van der Waals surface area contributed by atoms with Gasteiger partial charge in [0.05, 0.1) is 5.56 Å². The summed E-state index contributed by atoms with van der Waals surface area (Å²) in [5.74, 6) is -1.36. The van der Waals surface area contributed by atoms with Crippen LogP contribution in [0.25, 0.3) is 0 Å². The fourth-order valence-electron chi connectivity index (χ4n) is 0.891. The van der Waals surface area contributed by atoms with Crippen LogP contribution < -0.4 is 5.14 Å². The number of rotatable bonds is 2. The molecule has 0 aliphatic heterocycles. The van der Waals surface area contributed by atoms with Crippen LogP contribution in [-0.4, -0.2) is 13.4 Å². The number of alkyl halides is 2. The Morgan fingerprint density at radius 1 is 1.47 bits per heavy atom. The third-order valence-electron chi connectivity index (χ3n) is 1.50. The third kappa shape index (κ3) is 2.58. The molecule has 9 heteroatoms. The Morgan fingerprint density at radius 2 is 2.00 bits per heavy atom. The standard InChI is InChI=1S/C6H4F3IN2O2S/c7-4-3(5(8)9)2(15(11,13)14)1-12-6(4)10/h1,5H,(H2,11,13,14). The zero-order valence-corrected chi connectivity index (χ0v) is 9.89. The molecule has 0 bridgehead atoms. The van der Waals surface area contributed by atoms with Crippen molar-refractivity contribution in [3.8, 4) is 0 Å². The molecule has 84 valence electrons. The molecule has 0 aromatic carbocycles. The van der Waals surface area contributed by atoms with E-state index in [1.807, 2.05) is 0 Å². The van der Waals surface area contributed by atoms with Gasteiger partial charge in [-0.15, -0.1) is 0 Å². The number of nitrogens with two attached hydrogens (primary N) is 1. The monoisotopic (exact) mass is 352 g/mol. The van der Waals surface area contributed by atoms with E-state index in [2.05, 4.69) is 10.1 Å². The molecular formula is C6H4F3IN2O2S. The van der Waals surface area contributed by atoms with Crippen molar-refractivity contribution in [2.24, 2.45) is 5.14 Å². The fourth-order valence-corrected chi connectivity index (χ4v) is 2.01. The summed E-state index contributed by atoms with van der Waals surface area (Å²) in [6, 6.07) is 0. The van der Waals surface area contributed by atoms with E-state index in [9.17, 15) is 21.6 Å². The molecule has 0 unspecified atom stereocenters. The van der Waals surface area contributed by atoms with E-state index in [1.165, 1.54) is 22.6 Å². The van der Waals surface area contributed by atoms with Gasteiger partial charge < -0.3 is 0 Å². The van der Waals surface area contributed by atoms with Crippen molar-refractivity contribution in [1.29, 1.82) is 0 Å². The van der Waals surface area contributed by atoms with Gasteiger partial charge in [0.25, 0.3) is 6.43 Å². The third-order valence-corrected chi connectivity index (χ3v) is 3.19. The maximum Gasteiger partial charge on any atom is 0.268 e. The van der Waals surface area contributed by atoms with E-state index in [0.717, 1.165) is 0 Å². The van der Waals surface area contributed by atoms with Crippen molar-refractivity contribution >= 4 is 32.6 Å². The van der Waals surface area contributed by atoms with Crippen LogP contribution in [0.5, 0.6) is 0 Å². The summed E-state index contributed by atoms with van der Waals surface area (Å²) in [7, 11) is -4.40. The molecule has 1 aromatic heterocycles. The van der Waals surface area contributed by atoms with Crippen LogP contribution in [0.3, 0.4) is 0 Å². The minimum Gasteiger partial charge on any atom is -0.246 e. The molecule has 2 N–H and O–H groups in total. The molecule has 0 atom stereocenters. The fraction of sp³-hybridized carbons (Fsp3) is 0.167. The number of aromatic nitrogens is 1. The Labute approximate surface area is 96.9 Å². The van der Waals surface area contributed by atoms with E-state index in [0.29, 0.717) is 6.20 Å². The van der Waals surface area contributed by atoms with Crippen LogP contribution >= 0.6 is 22.6 Å². The van der Waals surface area contributed by atoms with Gasteiger partial charge in [0.1, 0.15) is 8.60 Å². The zero-order valence-electron chi connectivity index (χ0n) is 6.92. The van der Waals surface area contributed by atoms with Crippen LogP contribution in [0.2, 0.25) is 0 Å². The molecule has 1 rings (SSSR count). The smallest absolute Gasteiger partial charge is 0.246 e. The SMILES string of the molecule is NS(=O)(=O)c1cnc(I)c(F)c1C(F)F. The molecule has 1 aromatic rings. The highest BCUT2D eigenvalue weighted by Crippen LogP contribution is 2.29. The summed E-state index contributed by atoms with van der Waals surface area (Å²) in [6.07, 6.45) is -2.66. The van der Waals surface area contributed by atoms with Crippen LogP contribution in [0, 0.1) is 9.52 Å². The number of hydrogen-bond donors (Lipinski definition) is 1. The quantitative estimate of drug-likeness (QED) is 0.646. The Kier molecular flexibility index (Phi) is 3.55. The number of hydrogen-bond acceptors (Lipinski definition) is 3. The van der Waals surface area contributed by atoms with Crippen molar-refractivity contribution in [3.63, 3.8) is 0 Å². The van der Waals surface area contributed by atoms with E-state index < -0.39 is 32.7 Å². The molecule has 0 saturated heterocycles. The van der Waals surface area contributed by atoms with Crippen molar-refractivity contribution < 1.29 is 21.6 Å². The maximum absolute atomic E-state index is 13.2. The van der Waals surface area contributed by atoms with Gasteiger partial charge >= 0.3 is 0 Å². The predicted molar refractivity (Wildman–Crippen MR) is 53.2 cm³/mol. The lowest BCUT2D eigenvalue weighted by molar-refractivity contribution is 0.142. The summed E-state index contributed by atoms with van der Waals surface area (Å²) in [4.78, 5) is 2.32. The summed E-state index contributed by atoms with van der Waals surface area (Å²) >= 11 is 1.37. The van der Waals surface area contributed by atoms with Gasteiger partial charge in [-0.1, -0.05) is 0 Å². The first-order valence-corrected chi connectivity index (χ1v) is 6.02. The molecule has 0 amide bonds. The van der Waals surface area contributed by atoms with E-state index in [-0.39, 0.29) is 3.70 Å². The highest BCUT2D eigenvalue weighted by molar-refractivity contribution is 14.1. The van der Waals surface area contributed by atoms with Crippen LogP contribution in [-0.2, 0) is 10.0 Å². The van der Waals surface area contributed by atoms with Crippen LogP contribution in [0.15, 0.2) is 11.1 Å². The second kappa shape index (κ2) is 4.22.